The summed E-state index contributed by atoms with van der Waals surface area (Å²) in [5.41, 5.74) is 1.02. The Kier molecular flexibility index (Phi) is 4.82. The lowest BCUT2D eigenvalue weighted by Gasteiger charge is -2.01. The molecule has 1 aromatic heterocycles. The molecule has 0 spiro atoms. The highest BCUT2D eigenvalue weighted by Gasteiger charge is 1.93. The van der Waals surface area contributed by atoms with Crippen molar-refractivity contribution in [2.45, 2.75) is 13.5 Å². The molecule has 0 aliphatic heterocycles. The first-order valence-electron chi connectivity index (χ1n) is 4.11. The molecule has 1 rings (SSSR count). The molecule has 0 amide bonds. The Balaban J connectivity index is 1.96. The fraction of sp³-hybridized carbons (Fsp3) is 0.714. The van der Waals surface area contributed by atoms with E-state index in [1.54, 1.807) is 6.20 Å². The van der Waals surface area contributed by atoms with Crippen molar-refractivity contribution in [2.75, 3.05) is 19.6 Å². The van der Waals surface area contributed by atoms with E-state index in [4.69, 9.17) is 0 Å². The van der Waals surface area contributed by atoms with Gasteiger partial charge in [0.2, 0.25) is 0 Å². The molecule has 0 aliphatic carbocycles. The quantitative estimate of drug-likeness (QED) is 0.625. The van der Waals surface area contributed by atoms with Crippen LogP contribution in [0.2, 0.25) is 0 Å². The van der Waals surface area contributed by atoms with Gasteiger partial charge in [0.15, 0.2) is 0 Å². The molecule has 1 heterocycles. The van der Waals surface area contributed by atoms with Crippen molar-refractivity contribution in [2.24, 2.45) is 0 Å². The molecule has 0 saturated heterocycles. The number of hydrogen-bond donors (Lipinski definition) is 2. The molecule has 0 atom stereocenters. The van der Waals surface area contributed by atoms with E-state index in [0.29, 0.717) is 0 Å². The van der Waals surface area contributed by atoms with Crippen molar-refractivity contribution < 1.29 is 0 Å². The molecule has 0 bridgehead atoms. The standard InChI is InChI=1S/C7H14N4S/c1-2-8-3-4-9-5-7-6-10-12-11-7/h6,8-9H,2-5H2,1H3. The van der Waals surface area contributed by atoms with Crippen LogP contribution < -0.4 is 10.6 Å². The van der Waals surface area contributed by atoms with Gasteiger partial charge in [-0.05, 0) is 6.54 Å². The lowest BCUT2D eigenvalue weighted by atomic mass is 10.4. The molecule has 1 aromatic rings. The van der Waals surface area contributed by atoms with E-state index in [0.717, 1.165) is 31.9 Å². The van der Waals surface area contributed by atoms with E-state index in [1.165, 1.54) is 11.7 Å². The average Bonchev–Trinajstić information content (AvgIpc) is 2.57. The Hall–Kier alpha value is -0.520. The molecule has 0 unspecified atom stereocenters. The number of rotatable bonds is 6. The zero-order chi connectivity index (χ0) is 8.65. The molecular formula is C7H14N4S. The largest absolute Gasteiger partial charge is 0.316 e. The summed E-state index contributed by atoms with van der Waals surface area (Å²) in [6.07, 6.45) is 1.80. The van der Waals surface area contributed by atoms with Crippen LogP contribution in [0.5, 0.6) is 0 Å². The summed E-state index contributed by atoms with van der Waals surface area (Å²) in [6.45, 7) is 5.94. The first-order chi connectivity index (χ1) is 5.93. The van der Waals surface area contributed by atoms with Crippen molar-refractivity contribution >= 4 is 11.7 Å². The maximum atomic E-state index is 4.08. The zero-order valence-electron chi connectivity index (χ0n) is 7.21. The van der Waals surface area contributed by atoms with Crippen LogP contribution in [0.25, 0.3) is 0 Å². The topological polar surface area (TPSA) is 49.8 Å². The summed E-state index contributed by atoms with van der Waals surface area (Å²) in [7, 11) is 0. The molecular weight excluding hydrogens is 172 g/mol. The van der Waals surface area contributed by atoms with E-state index in [2.05, 4.69) is 26.3 Å². The van der Waals surface area contributed by atoms with Gasteiger partial charge in [-0.1, -0.05) is 6.92 Å². The summed E-state index contributed by atoms with van der Waals surface area (Å²) >= 11 is 1.25. The highest BCUT2D eigenvalue weighted by Crippen LogP contribution is 1.92. The second-order valence-corrected chi connectivity index (χ2v) is 2.99. The number of aromatic nitrogens is 2. The van der Waals surface area contributed by atoms with Crippen LogP contribution in [-0.2, 0) is 6.54 Å². The average molecular weight is 186 g/mol. The predicted molar refractivity (Wildman–Crippen MR) is 50.2 cm³/mol. The van der Waals surface area contributed by atoms with E-state index >= 15 is 0 Å². The van der Waals surface area contributed by atoms with Gasteiger partial charge < -0.3 is 10.6 Å². The molecule has 4 nitrogen and oxygen atoms in total. The minimum absolute atomic E-state index is 0.821. The van der Waals surface area contributed by atoms with Gasteiger partial charge in [0.05, 0.1) is 23.6 Å². The second-order valence-electron chi connectivity index (χ2n) is 2.43. The van der Waals surface area contributed by atoms with E-state index < -0.39 is 0 Å². The molecule has 0 saturated carbocycles. The maximum absolute atomic E-state index is 4.08. The van der Waals surface area contributed by atoms with Gasteiger partial charge in [-0.15, -0.1) is 0 Å². The van der Waals surface area contributed by atoms with Crippen molar-refractivity contribution in [1.29, 1.82) is 0 Å². The Bertz CT molecular complexity index is 187. The summed E-state index contributed by atoms with van der Waals surface area (Å²) in [5.74, 6) is 0. The SMILES string of the molecule is CCNCCNCc1cnsn1. The van der Waals surface area contributed by atoms with E-state index in [-0.39, 0.29) is 0 Å². The highest BCUT2D eigenvalue weighted by molar-refractivity contribution is 6.99. The summed E-state index contributed by atoms with van der Waals surface area (Å²) in [5, 5.41) is 6.50. The molecule has 68 valence electrons. The van der Waals surface area contributed by atoms with Crippen LogP contribution in [0.1, 0.15) is 12.6 Å². The molecule has 0 fully saturated rings. The smallest absolute Gasteiger partial charge is 0.0880 e. The maximum Gasteiger partial charge on any atom is 0.0880 e. The van der Waals surface area contributed by atoms with Crippen molar-refractivity contribution in [3.05, 3.63) is 11.9 Å². The fourth-order valence-corrected chi connectivity index (χ4v) is 1.26. The number of hydrogen-bond acceptors (Lipinski definition) is 5. The van der Waals surface area contributed by atoms with Gasteiger partial charge in [-0.25, -0.2) is 0 Å². The lowest BCUT2D eigenvalue weighted by Crippen LogP contribution is -2.26. The molecule has 5 heteroatoms. The predicted octanol–water partition coefficient (Wildman–Crippen LogP) is 0.237. The number of nitrogens with one attached hydrogen (secondary N) is 2. The van der Waals surface area contributed by atoms with Gasteiger partial charge in [-0.2, -0.15) is 8.75 Å². The molecule has 12 heavy (non-hydrogen) atoms. The van der Waals surface area contributed by atoms with Crippen LogP contribution in [0.15, 0.2) is 6.20 Å². The van der Waals surface area contributed by atoms with Gasteiger partial charge in [-0.3, -0.25) is 0 Å². The van der Waals surface area contributed by atoms with Gasteiger partial charge in [0.25, 0.3) is 0 Å². The lowest BCUT2D eigenvalue weighted by molar-refractivity contribution is 0.621. The number of nitrogens with zero attached hydrogens (tertiary/aromatic N) is 2. The third-order valence-corrected chi connectivity index (χ3v) is 1.96. The second kappa shape index (κ2) is 6.05. The Morgan fingerprint density at radius 2 is 2.25 bits per heavy atom. The van der Waals surface area contributed by atoms with Crippen LogP contribution in [0.4, 0.5) is 0 Å². The normalized spacial score (nSPS) is 10.4. The van der Waals surface area contributed by atoms with Crippen molar-refractivity contribution in [3.8, 4) is 0 Å². The van der Waals surface area contributed by atoms with Crippen LogP contribution in [0.3, 0.4) is 0 Å². The fourth-order valence-electron chi connectivity index (χ4n) is 0.832. The Morgan fingerprint density at radius 1 is 1.42 bits per heavy atom. The Morgan fingerprint density at radius 3 is 2.92 bits per heavy atom. The third-order valence-electron chi connectivity index (χ3n) is 1.44. The minimum atomic E-state index is 0.821. The first kappa shape index (κ1) is 9.57. The minimum Gasteiger partial charge on any atom is -0.316 e. The van der Waals surface area contributed by atoms with Crippen molar-refractivity contribution in [3.63, 3.8) is 0 Å². The Labute approximate surface area is 76.7 Å². The van der Waals surface area contributed by atoms with E-state index in [1.807, 2.05) is 0 Å². The monoisotopic (exact) mass is 186 g/mol. The molecule has 0 aromatic carbocycles. The van der Waals surface area contributed by atoms with Gasteiger partial charge >= 0.3 is 0 Å². The number of likely N-dealkylation sites (N-methyl/N-ethyl adjacent to an activating group) is 1. The zero-order valence-corrected chi connectivity index (χ0v) is 8.02. The molecule has 0 radical (unpaired) electrons. The van der Waals surface area contributed by atoms with E-state index in [9.17, 15) is 0 Å². The van der Waals surface area contributed by atoms with Gasteiger partial charge in [0, 0.05) is 19.6 Å². The summed E-state index contributed by atoms with van der Waals surface area (Å²) < 4.78 is 7.99. The highest BCUT2D eigenvalue weighted by atomic mass is 32.1. The van der Waals surface area contributed by atoms with Crippen LogP contribution in [-0.4, -0.2) is 28.4 Å². The first-order valence-corrected chi connectivity index (χ1v) is 4.84. The van der Waals surface area contributed by atoms with Crippen molar-refractivity contribution in [1.82, 2.24) is 19.4 Å². The third kappa shape index (κ3) is 3.75. The van der Waals surface area contributed by atoms with Gasteiger partial charge in [0.1, 0.15) is 0 Å². The van der Waals surface area contributed by atoms with Crippen LogP contribution in [0, 0.1) is 0 Å². The molecule has 0 aliphatic rings. The van der Waals surface area contributed by atoms with Crippen LogP contribution >= 0.6 is 11.7 Å². The molecule has 2 N–H and O–H groups in total. The summed E-state index contributed by atoms with van der Waals surface area (Å²) in [6, 6.07) is 0. The summed E-state index contributed by atoms with van der Waals surface area (Å²) in [4.78, 5) is 0.